The number of nitro groups is 1. The Balaban J connectivity index is 2.86. The normalized spacial score (nSPS) is 12.7. The third kappa shape index (κ3) is 7.40. The molecule has 0 aliphatic rings. The number of benzene rings is 1. The van der Waals surface area contributed by atoms with Gasteiger partial charge in [-0.3, -0.25) is 10.1 Å². The first-order chi connectivity index (χ1) is 11.6. The maximum absolute atomic E-state index is 12.2. The smallest absolute Gasteiger partial charge is 0.334 e. The summed E-state index contributed by atoms with van der Waals surface area (Å²) in [5, 5.41) is 11.4. The summed E-state index contributed by atoms with van der Waals surface area (Å²) in [4.78, 5) is 23.3. The topological polar surface area (TPSA) is 69.4 Å². The van der Waals surface area contributed by atoms with Crippen molar-refractivity contribution >= 4 is 12.0 Å². The van der Waals surface area contributed by atoms with Crippen LogP contribution in [0.1, 0.15) is 57.9 Å². The first-order valence-electron chi connectivity index (χ1n) is 8.64. The molecule has 0 bridgehead atoms. The molecule has 0 fully saturated rings. The number of rotatable bonds is 11. The molecule has 5 heteroatoms. The quantitative estimate of drug-likeness (QED) is 0.194. The van der Waals surface area contributed by atoms with Gasteiger partial charge in [-0.15, -0.1) is 0 Å². The Morgan fingerprint density at radius 3 is 2.50 bits per heavy atom. The van der Waals surface area contributed by atoms with E-state index in [9.17, 15) is 14.9 Å². The van der Waals surface area contributed by atoms with Crippen LogP contribution in [0.2, 0.25) is 0 Å². The van der Waals surface area contributed by atoms with E-state index in [-0.39, 0.29) is 18.0 Å². The van der Waals surface area contributed by atoms with E-state index < -0.39 is 12.0 Å². The number of esters is 1. The highest BCUT2D eigenvalue weighted by molar-refractivity contribution is 5.93. The zero-order valence-electron chi connectivity index (χ0n) is 14.6. The van der Waals surface area contributed by atoms with Crippen LogP contribution in [0.3, 0.4) is 0 Å². The van der Waals surface area contributed by atoms with E-state index in [1.165, 1.54) is 0 Å². The zero-order valence-corrected chi connectivity index (χ0v) is 14.6. The van der Waals surface area contributed by atoms with Gasteiger partial charge < -0.3 is 4.74 Å². The lowest BCUT2D eigenvalue weighted by Crippen LogP contribution is -2.23. The molecule has 0 aliphatic carbocycles. The van der Waals surface area contributed by atoms with Crippen LogP contribution in [0.5, 0.6) is 0 Å². The standard InChI is InChI=1S/C19H27NO4/c1-3-5-6-10-13-18(20(22)23)15-17(19(21)24-4-2)14-16-11-8-7-9-12-16/h7-9,11-12,14,18H,3-6,10,13,15H2,1-2H3/b17-14-/t18-/m0/s1. The SMILES string of the molecule is CCCCCC[C@@H](C/C(=C/c1ccccc1)C(=O)OCC)[N+](=O)[O-]. The lowest BCUT2D eigenvalue weighted by molar-refractivity contribution is -0.522. The maximum Gasteiger partial charge on any atom is 0.334 e. The minimum absolute atomic E-state index is 0.104. The van der Waals surface area contributed by atoms with Gasteiger partial charge in [0.1, 0.15) is 0 Å². The van der Waals surface area contributed by atoms with Gasteiger partial charge in [0.05, 0.1) is 6.61 Å². The number of hydrogen-bond donors (Lipinski definition) is 0. The monoisotopic (exact) mass is 333 g/mol. The second-order valence-electron chi connectivity index (χ2n) is 5.79. The molecule has 5 nitrogen and oxygen atoms in total. The molecule has 1 rings (SSSR count). The summed E-state index contributed by atoms with van der Waals surface area (Å²) in [6.07, 6.45) is 6.24. The minimum Gasteiger partial charge on any atom is -0.463 e. The summed E-state index contributed by atoms with van der Waals surface area (Å²) in [5.41, 5.74) is 1.20. The van der Waals surface area contributed by atoms with E-state index in [1.54, 1.807) is 13.0 Å². The Kier molecular flexibility index (Phi) is 9.42. The van der Waals surface area contributed by atoms with Crippen LogP contribution < -0.4 is 0 Å². The Bertz CT molecular complexity index is 540. The number of hydrogen-bond acceptors (Lipinski definition) is 4. The minimum atomic E-state index is -0.749. The molecule has 0 heterocycles. The predicted octanol–water partition coefficient (Wildman–Crippen LogP) is 4.64. The number of nitrogens with zero attached hydrogens (tertiary/aromatic N) is 1. The molecule has 1 aromatic rings. The summed E-state index contributed by atoms with van der Waals surface area (Å²) in [6.45, 7) is 4.09. The lowest BCUT2D eigenvalue weighted by Gasteiger charge is -2.12. The molecule has 0 amide bonds. The molecule has 0 aliphatic heterocycles. The van der Waals surface area contributed by atoms with Crippen LogP contribution in [-0.4, -0.2) is 23.5 Å². The molecular formula is C19H27NO4. The van der Waals surface area contributed by atoms with Crippen LogP contribution >= 0.6 is 0 Å². The Morgan fingerprint density at radius 2 is 1.92 bits per heavy atom. The zero-order chi connectivity index (χ0) is 17.8. The van der Waals surface area contributed by atoms with Gasteiger partial charge in [0.2, 0.25) is 6.04 Å². The van der Waals surface area contributed by atoms with Crippen molar-refractivity contribution in [2.75, 3.05) is 6.61 Å². The van der Waals surface area contributed by atoms with Crippen LogP contribution in [-0.2, 0) is 9.53 Å². The van der Waals surface area contributed by atoms with Gasteiger partial charge in [-0.2, -0.15) is 0 Å². The van der Waals surface area contributed by atoms with Crippen molar-refractivity contribution in [2.45, 2.75) is 58.4 Å². The third-order valence-electron chi connectivity index (χ3n) is 3.82. The van der Waals surface area contributed by atoms with Crippen molar-refractivity contribution < 1.29 is 14.5 Å². The van der Waals surface area contributed by atoms with Crippen molar-refractivity contribution in [3.63, 3.8) is 0 Å². The second kappa shape index (κ2) is 11.4. The fourth-order valence-corrected chi connectivity index (χ4v) is 2.52. The number of carbonyl (C=O) groups excluding carboxylic acids is 1. The van der Waals surface area contributed by atoms with Crippen LogP contribution in [0.4, 0.5) is 0 Å². The second-order valence-corrected chi connectivity index (χ2v) is 5.79. The van der Waals surface area contributed by atoms with Gasteiger partial charge in [-0.05, 0) is 25.0 Å². The van der Waals surface area contributed by atoms with E-state index in [1.807, 2.05) is 30.3 Å². The van der Waals surface area contributed by atoms with Crippen molar-refractivity contribution in [1.29, 1.82) is 0 Å². The first-order valence-corrected chi connectivity index (χ1v) is 8.64. The number of carbonyl (C=O) groups is 1. The molecule has 0 saturated heterocycles. The fourth-order valence-electron chi connectivity index (χ4n) is 2.52. The molecule has 1 atom stereocenters. The van der Waals surface area contributed by atoms with Gasteiger partial charge in [0, 0.05) is 23.3 Å². The Morgan fingerprint density at radius 1 is 1.21 bits per heavy atom. The molecular weight excluding hydrogens is 306 g/mol. The van der Waals surface area contributed by atoms with Crippen molar-refractivity contribution in [3.05, 3.63) is 51.6 Å². The molecule has 0 spiro atoms. The lowest BCUT2D eigenvalue weighted by atomic mass is 9.99. The maximum atomic E-state index is 12.2. The van der Waals surface area contributed by atoms with Crippen LogP contribution in [0, 0.1) is 10.1 Å². The van der Waals surface area contributed by atoms with Crippen LogP contribution in [0.25, 0.3) is 6.08 Å². The summed E-state index contributed by atoms with van der Waals surface area (Å²) in [6, 6.07) is 8.59. The van der Waals surface area contributed by atoms with E-state index in [2.05, 4.69) is 6.92 Å². The summed E-state index contributed by atoms with van der Waals surface area (Å²) in [5.74, 6) is -0.471. The fraction of sp³-hybridized carbons (Fsp3) is 0.526. The first kappa shape index (κ1) is 19.9. The van der Waals surface area contributed by atoms with Crippen molar-refractivity contribution in [3.8, 4) is 0 Å². The summed E-state index contributed by atoms with van der Waals surface area (Å²) in [7, 11) is 0. The van der Waals surface area contributed by atoms with Gasteiger partial charge >= 0.3 is 5.97 Å². The average molecular weight is 333 g/mol. The molecule has 0 radical (unpaired) electrons. The van der Waals surface area contributed by atoms with E-state index in [4.69, 9.17) is 4.74 Å². The summed E-state index contributed by atoms with van der Waals surface area (Å²) < 4.78 is 5.07. The van der Waals surface area contributed by atoms with Gasteiger partial charge in [0.15, 0.2) is 0 Å². The predicted molar refractivity (Wildman–Crippen MR) is 95.2 cm³/mol. The molecule has 0 N–H and O–H groups in total. The van der Waals surface area contributed by atoms with Crippen LogP contribution in [0.15, 0.2) is 35.9 Å². The van der Waals surface area contributed by atoms with E-state index in [0.717, 1.165) is 31.2 Å². The average Bonchev–Trinajstić information content (AvgIpc) is 2.57. The highest BCUT2D eigenvalue weighted by atomic mass is 16.6. The highest BCUT2D eigenvalue weighted by Crippen LogP contribution is 2.19. The molecule has 0 unspecified atom stereocenters. The molecule has 0 aromatic heterocycles. The Hall–Kier alpha value is -2.17. The highest BCUT2D eigenvalue weighted by Gasteiger charge is 2.25. The molecule has 1 aromatic carbocycles. The van der Waals surface area contributed by atoms with Crippen molar-refractivity contribution in [1.82, 2.24) is 0 Å². The summed E-state index contributed by atoms with van der Waals surface area (Å²) >= 11 is 0. The number of ether oxygens (including phenoxy) is 1. The van der Waals surface area contributed by atoms with E-state index >= 15 is 0 Å². The van der Waals surface area contributed by atoms with Gasteiger partial charge in [0.25, 0.3) is 0 Å². The van der Waals surface area contributed by atoms with E-state index in [0.29, 0.717) is 12.0 Å². The van der Waals surface area contributed by atoms with Gasteiger partial charge in [-0.1, -0.05) is 56.5 Å². The molecule has 24 heavy (non-hydrogen) atoms. The van der Waals surface area contributed by atoms with Crippen molar-refractivity contribution in [2.24, 2.45) is 0 Å². The number of unbranched alkanes of at least 4 members (excludes halogenated alkanes) is 3. The molecule has 0 saturated carbocycles. The Labute approximate surface area is 143 Å². The molecule has 132 valence electrons. The van der Waals surface area contributed by atoms with Gasteiger partial charge in [-0.25, -0.2) is 4.79 Å². The largest absolute Gasteiger partial charge is 0.463 e. The third-order valence-corrected chi connectivity index (χ3v) is 3.82.